The second-order valence-corrected chi connectivity index (χ2v) is 4.29. The SMILES string of the molecule is NCC1(Cc2ccc(Cl)cn2)CC1. The van der Waals surface area contributed by atoms with Gasteiger partial charge in [0, 0.05) is 11.9 Å². The van der Waals surface area contributed by atoms with Crippen LogP contribution in [0.5, 0.6) is 0 Å². The molecular weight excluding hydrogens is 184 g/mol. The van der Waals surface area contributed by atoms with Crippen LogP contribution in [0.25, 0.3) is 0 Å². The summed E-state index contributed by atoms with van der Waals surface area (Å²) >= 11 is 5.75. The molecule has 0 atom stereocenters. The third-order valence-corrected chi connectivity index (χ3v) is 2.96. The van der Waals surface area contributed by atoms with Gasteiger partial charge in [0.15, 0.2) is 0 Å². The predicted molar refractivity (Wildman–Crippen MR) is 53.7 cm³/mol. The number of halogens is 1. The molecule has 0 spiro atoms. The second kappa shape index (κ2) is 3.28. The van der Waals surface area contributed by atoms with E-state index in [0.29, 0.717) is 10.4 Å². The molecule has 0 aliphatic heterocycles. The molecule has 13 heavy (non-hydrogen) atoms. The van der Waals surface area contributed by atoms with Crippen LogP contribution >= 0.6 is 11.6 Å². The van der Waals surface area contributed by atoms with E-state index in [9.17, 15) is 0 Å². The summed E-state index contributed by atoms with van der Waals surface area (Å²) in [4.78, 5) is 4.26. The lowest BCUT2D eigenvalue weighted by Gasteiger charge is -2.10. The first-order valence-corrected chi connectivity index (χ1v) is 4.92. The van der Waals surface area contributed by atoms with Crippen LogP contribution in [0.4, 0.5) is 0 Å². The zero-order valence-corrected chi connectivity index (χ0v) is 8.22. The molecule has 1 aliphatic carbocycles. The second-order valence-electron chi connectivity index (χ2n) is 3.85. The quantitative estimate of drug-likeness (QED) is 0.804. The smallest absolute Gasteiger partial charge is 0.0589 e. The number of nitrogens with two attached hydrogens (primary N) is 1. The van der Waals surface area contributed by atoms with E-state index in [-0.39, 0.29) is 0 Å². The first-order chi connectivity index (χ1) is 6.24. The van der Waals surface area contributed by atoms with E-state index < -0.39 is 0 Å². The van der Waals surface area contributed by atoms with Gasteiger partial charge in [0.25, 0.3) is 0 Å². The Bertz CT molecular complexity index is 290. The number of pyridine rings is 1. The Balaban J connectivity index is 2.06. The van der Waals surface area contributed by atoms with Gasteiger partial charge in [-0.1, -0.05) is 11.6 Å². The van der Waals surface area contributed by atoms with E-state index >= 15 is 0 Å². The summed E-state index contributed by atoms with van der Waals surface area (Å²) in [6.45, 7) is 0.775. The van der Waals surface area contributed by atoms with E-state index in [1.807, 2.05) is 12.1 Å². The Labute approximate surface area is 83.1 Å². The molecule has 1 fully saturated rings. The lowest BCUT2D eigenvalue weighted by molar-refractivity contribution is 0.514. The van der Waals surface area contributed by atoms with Crippen molar-refractivity contribution in [2.45, 2.75) is 19.3 Å². The Morgan fingerprint density at radius 2 is 2.23 bits per heavy atom. The molecule has 0 saturated heterocycles. The largest absolute Gasteiger partial charge is 0.330 e. The Morgan fingerprint density at radius 3 is 2.69 bits per heavy atom. The van der Waals surface area contributed by atoms with E-state index in [1.165, 1.54) is 12.8 Å². The fourth-order valence-electron chi connectivity index (χ4n) is 1.53. The number of nitrogens with zero attached hydrogens (tertiary/aromatic N) is 1. The summed E-state index contributed by atoms with van der Waals surface area (Å²) in [6, 6.07) is 3.87. The normalized spacial score (nSPS) is 18.6. The molecule has 0 unspecified atom stereocenters. The van der Waals surface area contributed by atoms with Crippen LogP contribution in [0.2, 0.25) is 5.02 Å². The maximum Gasteiger partial charge on any atom is 0.0589 e. The highest BCUT2D eigenvalue weighted by atomic mass is 35.5. The van der Waals surface area contributed by atoms with Gasteiger partial charge < -0.3 is 5.73 Å². The zero-order chi connectivity index (χ0) is 9.31. The third-order valence-electron chi connectivity index (χ3n) is 2.73. The minimum Gasteiger partial charge on any atom is -0.330 e. The van der Waals surface area contributed by atoms with E-state index in [4.69, 9.17) is 17.3 Å². The number of aromatic nitrogens is 1. The maximum absolute atomic E-state index is 5.75. The molecule has 1 heterocycles. The maximum atomic E-state index is 5.75. The molecule has 0 bridgehead atoms. The topological polar surface area (TPSA) is 38.9 Å². The Hall–Kier alpha value is -0.600. The van der Waals surface area contributed by atoms with Crippen molar-refractivity contribution in [3.8, 4) is 0 Å². The molecule has 70 valence electrons. The van der Waals surface area contributed by atoms with Crippen LogP contribution in [0.3, 0.4) is 0 Å². The highest BCUT2D eigenvalue weighted by molar-refractivity contribution is 6.30. The number of hydrogen-bond donors (Lipinski definition) is 1. The average Bonchev–Trinajstić information content (AvgIpc) is 2.90. The highest BCUT2D eigenvalue weighted by Gasteiger charge is 2.41. The van der Waals surface area contributed by atoms with E-state index in [0.717, 1.165) is 18.7 Å². The lowest BCUT2D eigenvalue weighted by atomic mass is 10.0. The van der Waals surface area contributed by atoms with Crippen LogP contribution in [-0.2, 0) is 6.42 Å². The molecule has 1 aromatic heterocycles. The van der Waals surface area contributed by atoms with Crippen LogP contribution < -0.4 is 5.73 Å². The van der Waals surface area contributed by atoms with Gasteiger partial charge in [0.2, 0.25) is 0 Å². The molecule has 2 N–H and O–H groups in total. The van der Waals surface area contributed by atoms with Gasteiger partial charge in [-0.05, 0) is 43.4 Å². The predicted octanol–water partition coefficient (Wildman–Crippen LogP) is 2.02. The van der Waals surface area contributed by atoms with Crippen molar-refractivity contribution < 1.29 is 0 Å². The third kappa shape index (κ3) is 2.01. The number of hydrogen-bond acceptors (Lipinski definition) is 2. The summed E-state index contributed by atoms with van der Waals surface area (Å²) in [5.74, 6) is 0. The van der Waals surface area contributed by atoms with Crippen LogP contribution in [0, 0.1) is 5.41 Å². The molecule has 3 heteroatoms. The molecule has 0 radical (unpaired) electrons. The summed E-state index contributed by atoms with van der Waals surface area (Å²) in [7, 11) is 0. The summed E-state index contributed by atoms with van der Waals surface area (Å²) < 4.78 is 0. The van der Waals surface area contributed by atoms with Crippen molar-refractivity contribution in [3.63, 3.8) is 0 Å². The van der Waals surface area contributed by atoms with Gasteiger partial charge in [-0.3, -0.25) is 4.98 Å². The fourth-order valence-corrected chi connectivity index (χ4v) is 1.64. The Kier molecular flexibility index (Phi) is 2.26. The standard InChI is InChI=1S/C10H13ClN2/c11-8-1-2-9(13-6-8)5-10(7-12)3-4-10/h1-2,6H,3-5,7,12H2. The van der Waals surface area contributed by atoms with Gasteiger partial charge in [0.1, 0.15) is 0 Å². The van der Waals surface area contributed by atoms with Crippen molar-refractivity contribution in [1.82, 2.24) is 4.98 Å². The monoisotopic (exact) mass is 196 g/mol. The molecule has 1 saturated carbocycles. The summed E-state index contributed by atoms with van der Waals surface area (Å²) in [5, 5.41) is 0.696. The molecule has 0 amide bonds. The minimum atomic E-state index is 0.362. The summed E-state index contributed by atoms with van der Waals surface area (Å²) in [5.41, 5.74) is 7.16. The van der Waals surface area contributed by atoms with Gasteiger partial charge in [-0.25, -0.2) is 0 Å². The molecule has 1 aliphatic rings. The first kappa shape index (κ1) is 8.97. The minimum absolute atomic E-state index is 0.362. The molecular formula is C10H13ClN2. The van der Waals surface area contributed by atoms with E-state index in [2.05, 4.69) is 4.98 Å². The van der Waals surface area contributed by atoms with Gasteiger partial charge >= 0.3 is 0 Å². The Morgan fingerprint density at radius 1 is 1.46 bits per heavy atom. The van der Waals surface area contributed by atoms with Crippen molar-refractivity contribution in [2.75, 3.05) is 6.54 Å². The lowest BCUT2D eigenvalue weighted by Crippen LogP contribution is -2.18. The summed E-state index contributed by atoms with van der Waals surface area (Å²) in [6.07, 6.45) is 5.19. The molecule has 2 nitrogen and oxygen atoms in total. The van der Waals surface area contributed by atoms with Crippen LogP contribution in [-0.4, -0.2) is 11.5 Å². The van der Waals surface area contributed by atoms with Gasteiger partial charge in [-0.2, -0.15) is 0 Å². The molecule has 0 aromatic carbocycles. The van der Waals surface area contributed by atoms with Crippen molar-refractivity contribution in [3.05, 3.63) is 29.0 Å². The molecule has 1 aromatic rings. The zero-order valence-electron chi connectivity index (χ0n) is 7.46. The van der Waals surface area contributed by atoms with Crippen molar-refractivity contribution >= 4 is 11.6 Å². The first-order valence-electron chi connectivity index (χ1n) is 4.55. The van der Waals surface area contributed by atoms with Gasteiger partial charge in [0.05, 0.1) is 5.02 Å². The van der Waals surface area contributed by atoms with Crippen molar-refractivity contribution in [1.29, 1.82) is 0 Å². The number of rotatable bonds is 3. The van der Waals surface area contributed by atoms with Crippen LogP contribution in [0.15, 0.2) is 18.3 Å². The van der Waals surface area contributed by atoms with Gasteiger partial charge in [-0.15, -0.1) is 0 Å². The van der Waals surface area contributed by atoms with Crippen LogP contribution in [0.1, 0.15) is 18.5 Å². The highest BCUT2D eigenvalue weighted by Crippen LogP contribution is 2.46. The van der Waals surface area contributed by atoms with Crippen molar-refractivity contribution in [2.24, 2.45) is 11.1 Å². The average molecular weight is 197 g/mol. The molecule has 2 rings (SSSR count). The van der Waals surface area contributed by atoms with E-state index in [1.54, 1.807) is 6.20 Å². The fraction of sp³-hybridized carbons (Fsp3) is 0.500.